The van der Waals surface area contributed by atoms with E-state index in [1.807, 2.05) is 84.9 Å². The summed E-state index contributed by atoms with van der Waals surface area (Å²) >= 11 is 1.75. The zero-order chi connectivity index (χ0) is 54.1. The van der Waals surface area contributed by atoms with Crippen LogP contribution in [0.25, 0.3) is 148 Å². The fraction of sp³-hybridized carbons (Fsp3) is 0. The minimum Gasteiger partial charge on any atom is -0.455 e. The molecule has 15 aromatic rings. The zero-order valence-electron chi connectivity index (χ0n) is 45.7. The Morgan fingerprint density at radius 2 is 0.973 bits per heavy atom. The van der Waals surface area contributed by atoms with Crippen molar-refractivity contribution in [2.24, 2.45) is 0 Å². The first kappa shape index (κ1) is 34.7. The van der Waals surface area contributed by atoms with E-state index in [4.69, 9.17) is 26.2 Å². The first-order valence-corrected chi connectivity index (χ1v) is 24.8. The van der Waals surface area contributed by atoms with Crippen LogP contribution in [0.5, 0.6) is 0 Å². The van der Waals surface area contributed by atoms with Gasteiger partial charge in [0.25, 0.3) is 0 Å². The number of para-hydroxylation sites is 5. The van der Waals surface area contributed by atoms with Crippen LogP contribution in [0.1, 0.15) is 9.60 Å². The summed E-state index contributed by atoms with van der Waals surface area (Å²) < 4.78 is 73.3. The topological polar surface area (TPSA) is 56.7 Å². The highest BCUT2D eigenvalue weighted by Crippen LogP contribution is 2.44. The highest BCUT2D eigenvalue weighted by atomic mass is 32.1. The number of benzene rings is 11. The van der Waals surface area contributed by atoms with Crippen molar-refractivity contribution in [1.82, 2.24) is 19.5 Å². The first-order valence-electron chi connectivity index (χ1n) is 27.5. The largest absolute Gasteiger partial charge is 0.455 e. The summed E-state index contributed by atoms with van der Waals surface area (Å²) in [5, 5.41) is 6.56. The van der Waals surface area contributed by atoms with Crippen molar-refractivity contribution in [3.05, 3.63) is 242 Å². The van der Waals surface area contributed by atoms with Crippen LogP contribution in [-0.2, 0) is 0 Å². The third-order valence-electron chi connectivity index (χ3n) is 14.0. The third-order valence-corrected chi connectivity index (χ3v) is 15.2. The van der Waals surface area contributed by atoms with Crippen molar-refractivity contribution < 1.29 is 14.0 Å². The first-order chi connectivity index (χ1) is 39.1. The Labute approximate surface area is 433 Å². The van der Waals surface area contributed by atoms with Gasteiger partial charge < -0.3 is 8.98 Å². The van der Waals surface area contributed by atoms with Crippen LogP contribution in [0.2, 0.25) is 0 Å². The van der Waals surface area contributed by atoms with Gasteiger partial charge in [0.05, 0.1) is 26.3 Å². The molecule has 0 fully saturated rings. The minimum absolute atomic E-state index is 0.0570. The summed E-state index contributed by atoms with van der Waals surface area (Å²) in [7, 11) is 0. The summed E-state index contributed by atoms with van der Waals surface area (Å²) in [6.45, 7) is 0. The number of fused-ring (bicyclic) bond motifs is 10. The quantitative estimate of drug-likeness (QED) is 0.160. The van der Waals surface area contributed by atoms with Crippen LogP contribution in [-0.4, -0.2) is 19.5 Å². The SMILES string of the molecule is [2H]c1cc([2H])c2c(c1[2H])c1c([2H])c([2H])c([2H])c([2H])c1n2-c1ccccc1-c1nc(-c2cccc(-c3cccc4c3sc3ccc(-c5cccc6c5oc5ccccc56)cc34)c2)nc(-c2cccc3c(-c4ccccc4)cccc23)n1. The van der Waals surface area contributed by atoms with Crippen LogP contribution in [0.15, 0.2) is 247 Å². The van der Waals surface area contributed by atoms with E-state index in [1.54, 1.807) is 22.0 Å². The fourth-order valence-corrected chi connectivity index (χ4v) is 11.9. The molecule has 5 nitrogen and oxygen atoms in total. The minimum atomic E-state index is -0.471. The van der Waals surface area contributed by atoms with Gasteiger partial charge in [0, 0.05) is 64.0 Å². The standard InChI is InChI=1S/C67H40N4OS/c1-2-17-41(18-3-1)45-25-13-29-49-48(45)28-16-32-55(49)66-68-65(69-67(70-66)56-24-6-10-35-60(56)71-58-33-8-4-21-50(58)51-22-5-9-34-59(51)71)44-20-12-19-42(39-44)47-27-15-31-54-57-40-43(37-38-62(57)73-64(47)54)46-26-14-30-53-52-23-7-11-36-61(52)72-63(46)53/h1-40H/i4D,5D,8D,21D,22D,33D,34D. The molecule has 0 saturated heterocycles. The Morgan fingerprint density at radius 1 is 0.370 bits per heavy atom. The van der Waals surface area contributed by atoms with E-state index >= 15 is 0 Å². The second-order valence-electron chi connectivity index (χ2n) is 18.1. The van der Waals surface area contributed by atoms with Crippen LogP contribution in [0.3, 0.4) is 0 Å². The van der Waals surface area contributed by atoms with Crippen LogP contribution >= 0.6 is 11.3 Å². The van der Waals surface area contributed by atoms with Crippen molar-refractivity contribution in [3.8, 4) is 73.2 Å². The van der Waals surface area contributed by atoms with Crippen LogP contribution in [0, 0.1) is 0 Å². The predicted octanol–water partition coefficient (Wildman–Crippen LogP) is 18.4. The highest BCUT2D eigenvalue weighted by Gasteiger charge is 2.22. The lowest BCUT2D eigenvalue weighted by atomic mass is 9.95. The number of rotatable bonds is 7. The molecule has 0 unspecified atom stereocenters. The van der Waals surface area contributed by atoms with Gasteiger partial charge in [-0.3, -0.25) is 0 Å². The summed E-state index contributed by atoms with van der Waals surface area (Å²) in [5.74, 6) is 1.07. The normalized spacial score (nSPS) is 13.2. The summed E-state index contributed by atoms with van der Waals surface area (Å²) in [6.07, 6.45) is 0. The lowest BCUT2D eigenvalue weighted by molar-refractivity contribution is 0.670. The monoisotopic (exact) mass is 955 g/mol. The molecule has 340 valence electrons. The van der Waals surface area contributed by atoms with Crippen molar-refractivity contribution >= 4 is 86.0 Å². The summed E-state index contributed by atoms with van der Waals surface area (Å²) in [6, 6.07) is 64.8. The van der Waals surface area contributed by atoms with Gasteiger partial charge in [-0.05, 0) is 87.1 Å². The molecule has 6 heteroatoms. The molecule has 4 heterocycles. The van der Waals surface area contributed by atoms with E-state index in [2.05, 4.69) is 103 Å². The molecular weight excluding hydrogens is 909 g/mol. The van der Waals surface area contributed by atoms with Gasteiger partial charge in [0.2, 0.25) is 0 Å². The summed E-state index contributed by atoms with van der Waals surface area (Å²) in [4.78, 5) is 15.9. The van der Waals surface area contributed by atoms with Gasteiger partial charge in [-0.25, -0.2) is 15.0 Å². The molecule has 0 aliphatic heterocycles. The number of hydrogen-bond acceptors (Lipinski definition) is 5. The number of aromatic nitrogens is 4. The van der Waals surface area contributed by atoms with E-state index in [-0.39, 0.29) is 57.8 Å². The molecular formula is C67H40N4OS. The smallest absolute Gasteiger partial charge is 0.166 e. The van der Waals surface area contributed by atoms with Gasteiger partial charge in [0.1, 0.15) is 11.2 Å². The molecule has 0 atom stereocenters. The Balaban J connectivity index is 0.932. The molecule has 4 aromatic heterocycles. The Morgan fingerprint density at radius 3 is 1.86 bits per heavy atom. The Hall–Kier alpha value is -9.49. The average molecular weight is 956 g/mol. The maximum absolute atomic E-state index is 9.30. The maximum Gasteiger partial charge on any atom is 0.166 e. The average Bonchev–Trinajstić information content (AvgIpc) is 4.32. The van der Waals surface area contributed by atoms with Crippen molar-refractivity contribution in [2.45, 2.75) is 0 Å². The number of nitrogens with zero attached hydrogens (tertiary/aromatic N) is 4. The number of thiophene rings is 1. The number of hydrogen-bond donors (Lipinski definition) is 0. The van der Waals surface area contributed by atoms with E-state index in [0.717, 1.165) is 97.4 Å². The van der Waals surface area contributed by atoms with Crippen molar-refractivity contribution in [2.75, 3.05) is 0 Å². The molecule has 0 amide bonds. The van der Waals surface area contributed by atoms with Crippen molar-refractivity contribution in [1.29, 1.82) is 0 Å². The lowest BCUT2D eigenvalue weighted by Crippen LogP contribution is -2.04. The van der Waals surface area contributed by atoms with E-state index in [1.165, 1.54) is 6.07 Å². The van der Waals surface area contributed by atoms with Gasteiger partial charge >= 0.3 is 0 Å². The molecule has 15 rings (SSSR count). The molecule has 0 spiro atoms. The highest BCUT2D eigenvalue weighted by molar-refractivity contribution is 7.26. The second-order valence-corrected chi connectivity index (χ2v) is 19.1. The van der Waals surface area contributed by atoms with Crippen LogP contribution in [0.4, 0.5) is 0 Å². The second kappa shape index (κ2) is 16.6. The van der Waals surface area contributed by atoms with Gasteiger partial charge in [0.15, 0.2) is 17.5 Å². The van der Waals surface area contributed by atoms with E-state index in [0.29, 0.717) is 22.9 Å². The van der Waals surface area contributed by atoms with Gasteiger partial charge in [-0.15, -0.1) is 11.3 Å². The molecule has 11 aromatic carbocycles. The van der Waals surface area contributed by atoms with E-state index < -0.39 is 12.1 Å². The Bertz CT molecular complexity index is 5130. The lowest BCUT2D eigenvalue weighted by Gasteiger charge is -2.15. The van der Waals surface area contributed by atoms with Crippen LogP contribution < -0.4 is 0 Å². The molecule has 0 aliphatic rings. The molecule has 0 aliphatic carbocycles. The Kier molecular flexibility index (Phi) is 7.88. The zero-order valence-corrected chi connectivity index (χ0v) is 39.5. The van der Waals surface area contributed by atoms with Gasteiger partial charge in [-0.1, -0.05) is 194 Å². The molecule has 0 saturated carbocycles. The van der Waals surface area contributed by atoms with E-state index in [9.17, 15) is 2.74 Å². The molecule has 0 radical (unpaired) electrons. The molecule has 0 bridgehead atoms. The summed E-state index contributed by atoms with van der Waals surface area (Å²) in [5.41, 5.74) is 10.6. The molecule has 73 heavy (non-hydrogen) atoms. The van der Waals surface area contributed by atoms with Crippen molar-refractivity contribution in [3.63, 3.8) is 0 Å². The third kappa shape index (κ3) is 6.65. The predicted molar refractivity (Wildman–Crippen MR) is 304 cm³/mol. The number of furan rings is 1. The fourth-order valence-electron chi connectivity index (χ4n) is 10.7. The maximum atomic E-state index is 9.30. The molecule has 0 N–H and O–H groups in total. The van der Waals surface area contributed by atoms with Gasteiger partial charge in [-0.2, -0.15) is 0 Å².